The molecule has 16 nitrogen and oxygen atoms in total. The van der Waals surface area contributed by atoms with Crippen molar-refractivity contribution in [1.82, 2.24) is 19.8 Å². The number of hydrazone groups is 1. The van der Waals surface area contributed by atoms with Crippen molar-refractivity contribution >= 4 is 58.2 Å². The molecule has 0 fully saturated rings. The number of nitrogens with zero attached hydrogens (tertiary/aromatic N) is 5. The molecule has 278 valence electrons. The van der Waals surface area contributed by atoms with E-state index in [0.29, 0.717) is 16.7 Å². The zero-order chi connectivity index (χ0) is 38.1. The summed E-state index contributed by atoms with van der Waals surface area (Å²) in [7, 11) is 0. The molecule has 0 saturated heterocycles. The molecule has 0 spiro atoms. The molecule has 1 aliphatic rings. The molecule has 3 aromatic carbocycles. The van der Waals surface area contributed by atoms with Gasteiger partial charge in [-0.25, -0.2) is 0 Å². The Bertz CT molecular complexity index is 2000. The summed E-state index contributed by atoms with van der Waals surface area (Å²) in [6, 6.07) is 23.1. The van der Waals surface area contributed by atoms with Crippen LogP contribution in [0, 0.1) is 0 Å². The van der Waals surface area contributed by atoms with Gasteiger partial charge in [-0.2, -0.15) is 5.01 Å². The van der Waals surface area contributed by atoms with Crippen LogP contribution in [0.5, 0.6) is 5.75 Å². The molecule has 0 aliphatic carbocycles. The van der Waals surface area contributed by atoms with E-state index in [4.69, 9.17) is 28.4 Å². The van der Waals surface area contributed by atoms with Crippen molar-refractivity contribution in [3.8, 4) is 11.4 Å². The molecule has 0 radical (unpaired) electrons. The number of carbonyl (C=O) groups excluding carboxylic acids is 5. The van der Waals surface area contributed by atoms with Crippen LogP contribution in [0.25, 0.3) is 16.5 Å². The number of rotatable bonds is 15. The van der Waals surface area contributed by atoms with E-state index in [9.17, 15) is 24.0 Å². The van der Waals surface area contributed by atoms with Gasteiger partial charge in [0.15, 0.2) is 29.3 Å². The van der Waals surface area contributed by atoms with Gasteiger partial charge < -0.3 is 28.4 Å². The van der Waals surface area contributed by atoms with Crippen molar-refractivity contribution in [2.75, 3.05) is 12.4 Å². The summed E-state index contributed by atoms with van der Waals surface area (Å²) in [4.78, 5) is 61.2. The van der Waals surface area contributed by atoms with E-state index in [-0.39, 0.29) is 18.3 Å². The summed E-state index contributed by atoms with van der Waals surface area (Å²) < 4.78 is 35.5. The maximum Gasteiger partial charge on any atom is 0.303 e. The molecule has 4 aromatic rings. The van der Waals surface area contributed by atoms with Crippen LogP contribution in [0.1, 0.15) is 40.4 Å². The number of ether oxygens (including phenoxy) is 6. The van der Waals surface area contributed by atoms with Crippen molar-refractivity contribution in [2.24, 2.45) is 5.10 Å². The van der Waals surface area contributed by atoms with Gasteiger partial charge in [0.1, 0.15) is 19.0 Å². The van der Waals surface area contributed by atoms with Gasteiger partial charge in [-0.1, -0.05) is 66.4 Å². The minimum Gasteiger partial charge on any atom is -0.485 e. The Morgan fingerprint density at radius 3 is 2.15 bits per heavy atom. The van der Waals surface area contributed by atoms with Crippen LogP contribution >= 0.6 is 11.8 Å². The van der Waals surface area contributed by atoms with Crippen molar-refractivity contribution in [2.45, 2.75) is 70.9 Å². The molecule has 0 bridgehead atoms. The lowest BCUT2D eigenvalue weighted by Gasteiger charge is -2.35. The van der Waals surface area contributed by atoms with Gasteiger partial charge in [-0.05, 0) is 23.6 Å². The fraction of sp³-hybridized carbons (Fsp3) is 0.333. The molecule has 2 heterocycles. The van der Waals surface area contributed by atoms with E-state index < -0.39 is 60.9 Å². The summed E-state index contributed by atoms with van der Waals surface area (Å²) in [6.07, 6.45) is -6.14. The monoisotopic (exact) mass is 747 g/mol. The second-order valence-corrected chi connectivity index (χ2v) is 12.5. The number of carbonyl (C=O) groups is 5. The lowest BCUT2D eigenvalue weighted by Crippen LogP contribution is -2.56. The number of amides is 1. The number of thioether (sulfide) groups is 1. The van der Waals surface area contributed by atoms with Crippen LogP contribution in [0.3, 0.4) is 0 Å². The highest BCUT2D eigenvalue weighted by molar-refractivity contribution is 7.99. The third kappa shape index (κ3) is 9.88. The summed E-state index contributed by atoms with van der Waals surface area (Å²) >= 11 is 1.19. The average molecular weight is 748 g/mol. The van der Waals surface area contributed by atoms with Gasteiger partial charge in [0.2, 0.25) is 18.0 Å². The number of para-hydroxylation sites is 1. The van der Waals surface area contributed by atoms with E-state index in [0.717, 1.165) is 49.2 Å². The molecule has 0 saturated carbocycles. The molecule has 17 heteroatoms. The van der Waals surface area contributed by atoms with Crippen LogP contribution in [0.4, 0.5) is 0 Å². The normalized spacial score (nSPS) is 15.4. The van der Waals surface area contributed by atoms with E-state index in [1.807, 2.05) is 77.4 Å². The molecule has 1 aromatic heterocycles. The maximum atomic E-state index is 12.9. The van der Waals surface area contributed by atoms with Crippen molar-refractivity contribution in [1.29, 1.82) is 0 Å². The SMILES string of the molecule is CC(=O)OCC(OC(C)=O)C(OC(C)=O)C(OC(C)=O)C1OC(CSc2nnc(COc3cccc4ccccc34)n2-c2ccccc2)=NN1C(C)=O. The Morgan fingerprint density at radius 1 is 0.792 bits per heavy atom. The summed E-state index contributed by atoms with van der Waals surface area (Å²) in [5, 5.41) is 16.5. The Kier molecular flexibility index (Phi) is 12.6. The molecule has 1 aliphatic heterocycles. The Balaban J connectivity index is 1.40. The van der Waals surface area contributed by atoms with Crippen molar-refractivity contribution < 1.29 is 52.4 Å². The minimum atomic E-state index is -1.60. The Hall–Kier alpha value is -5.97. The predicted molar refractivity (Wildman–Crippen MR) is 188 cm³/mol. The van der Waals surface area contributed by atoms with Crippen molar-refractivity contribution in [3.05, 3.63) is 78.6 Å². The van der Waals surface area contributed by atoms with Crippen LogP contribution in [-0.2, 0) is 54.3 Å². The van der Waals surface area contributed by atoms with Crippen LogP contribution in [0.15, 0.2) is 83.1 Å². The molecule has 4 unspecified atom stereocenters. The smallest absolute Gasteiger partial charge is 0.303 e. The predicted octanol–water partition coefficient (Wildman–Crippen LogP) is 3.97. The van der Waals surface area contributed by atoms with E-state index in [2.05, 4.69) is 15.3 Å². The highest BCUT2D eigenvalue weighted by atomic mass is 32.2. The van der Waals surface area contributed by atoms with Crippen LogP contribution in [-0.4, -0.2) is 92.4 Å². The minimum absolute atomic E-state index is 0.0152. The molecule has 4 atom stereocenters. The topological polar surface area (TPSA) is 187 Å². The third-order valence-electron chi connectivity index (χ3n) is 7.53. The number of benzene rings is 3. The standard InChI is InChI=1S/C36H37N5O11S/c1-21(42)41-35(34(51-25(5)46)33(50-24(4)45)30(49-23(3)44)18-47-22(2)43)52-32(39-41)20-53-36-38-37-31(40(36)27-14-7-6-8-15-27)19-48-29-17-11-13-26-12-9-10-16-28(26)29/h6-17,30,33-35H,18-20H2,1-5H3. The lowest BCUT2D eigenvalue weighted by molar-refractivity contribution is -0.205. The van der Waals surface area contributed by atoms with Gasteiger partial charge in [0.05, 0.1) is 5.75 Å². The fourth-order valence-corrected chi connectivity index (χ4v) is 6.27. The first-order valence-electron chi connectivity index (χ1n) is 16.3. The third-order valence-corrected chi connectivity index (χ3v) is 8.44. The van der Waals surface area contributed by atoms with E-state index in [1.165, 1.54) is 18.7 Å². The number of hydrogen-bond donors (Lipinski definition) is 0. The second-order valence-electron chi connectivity index (χ2n) is 11.6. The quantitative estimate of drug-likeness (QED) is 0.0966. The Labute approximate surface area is 308 Å². The molecule has 53 heavy (non-hydrogen) atoms. The average Bonchev–Trinajstić information content (AvgIpc) is 3.74. The maximum absolute atomic E-state index is 12.9. The lowest BCUT2D eigenvalue weighted by atomic mass is 10.1. The van der Waals surface area contributed by atoms with Gasteiger partial charge in [-0.3, -0.25) is 28.5 Å². The Morgan fingerprint density at radius 2 is 1.47 bits per heavy atom. The number of aromatic nitrogens is 3. The molecular weight excluding hydrogens is 710 g/mol. The number of esters is 4. The molecule has 5 rings (SSSR count). The first-order chi connectivity index (χ1) is 25.4. The van der Waals surface area contributed by atoms with Crippen LogP contribution in [0.2, 0.25) is 0 Å². The number of fused-ring (bicyclic) bond motifs is 1. The molecule has 1 amide bonds. The van der Waals surface area contributed by atoms with Crippen LogP contribution < -0.4 is 4.74 Å². The summed E-state index contributed by atoms with van der Waals surface area (Å²) in [6.45, 7) is 5.12. The zero-order valence-corrected chi connectivity index (χ0v) is 30.3. The van der Waals surface area contributed by atoms with Gasteiger partial charge in [0.25, 0.3) is 0 Å². The fourth-order valence-electron chi connectivity index (χ4n) is 5.46. The van der Waals surface area contributed by atoms with Gasteiger partial charge in [0, 0.05) is 45.7 Å². The van der Waals surface area contributed by atoms with Gasteiger partial charge in [-0.15, -0.1) is 15.3 Å². The van der Waals surface area contributed by atoms with E-state index in [1.54, 1.807) is 0 Å². The first-order valence-corrected chi connectivity index (χ1v) is 17.3. The number of hydrogen-bond acceptors (Lipinski definition) is 15. The highest BCUT2D eigenvalue weighted by Crippen LogP contribution is 2.30. The molecule has 0 N–H and O–H groups in total. The highest BCUT2D eigenvalue weighted by Gasteiger charge is 2.49. The summed E-state index contributed by atoms with van der Waals surface area (Å²) in [5.41, 5.74) is 0.762. The first kappa shape index (κ1) is 38.3. The largest absolute Gasteiger partial charge is 0.485 e. The zero-order valence-electron chi connectivity index (χ0n) is 29.5. The second kappa shape index (κ2) is 17.5. The summed E-state index contributed by atoms with van der Waals surface area (Å²) in [5.74, 6) is -2.61. The van der Waals surface area contributed by atoms with E-state index >= 15 is 0 Å². The van der Waals surface area contributed by atoms with Gasteiger partial charge >= 0.3 is 23.9 Å². The van der Waals surface area contributed by atoms with Crippen molar-refractivity contribution in [3.63, 3.8) is 0 Å². The molecular formula is C36H37N5O11S.